The maximum atomic E-state index is 13.1. The average molecular weight is 199 g/mol. The quantitative estimate of drug-likeness (QED) is 0.541. The van der Waals surface area contributed by atoms with Crippen LogP contribution in [0.3, 0.4) is 0 Å². The molecule has 1 aromatic carbocycles. The van der Waals surface area contributed by atoms with E-state index < -0.39 is 11.6 Å². The molecule has 0 aliphatic heterocycles. The van der Waals surface area contributed by atoms with Crippen LogP contribution in [0, 0.1) is 18.6 Å². The summed E-state index contributed by atoms with van der Waals surface area (Å²) in [6, 6.07) is 0.897. The third-order valence-corrected chi connectivity index (χ3v) is 1.78. The van der Waals surface area contributed by atoms with Gasteiger partial charge in [0.25, 0.3) is 0 Å². The Morgan fingerprint density at radius 1 is 1.50 bits per heavy atom. The van der Waals surface area contributed by atoms with Crippen LogP contribution in [0.5, 0.6) is 5.75 Å². The van der Waals surface area contributed by atoms with E-state index in [0.717, 1.165) is 12.1 Å². The number of methoxy groups -OCH3 is 1. The van der Waals surface area contributed by atoms with E-state index in [-0.39, 0.29) is 17.0 Å². The lowest BCUT2D eigenvalue weighted by Crippen LogP contribution is -1.93. The Morgan fingerprint density at radius 2 is 2.14 bits per heavy atom. The van der Waals surface area contributed by atoms with Gasteiger partial charge in [-0.2, -0.15) is 4.99 Å². The van der Waals surface area contributed by atoms with Crippen molar-refractivity contribution in [3.8, 4) is 5.75 Å². The number of rotatable bonds is 2. The Morgan fingerprint density at radius 3 is 2.64 bits per heavy atom. The Labute approximate surface area is 79.0 Å². The van der Waals surface area contributed by atoms with E-state index in [9.17, 15) is 13.6 Å². The minimum absolute atomic E-state index is 0.137. The van der Waals surface area contributed by atoms with Crippen molar-refractivity contribution >= 4 is 11.8 Å². The van der Waals surface area contributed by atoms with E-state index in [1.54, 1.807) is 0 Å². The number of benzene rings is 1. The molecule has 0 atom stereocenters. The van der Waals surface area contributed by atoms with Gasteiger partial charge in [0.15, 0.2) is 11.6 Å². The molecule has 0 fully saturated rings. The highest BCUT2D eigenvalue weighted by Gasteiger charge is 2.15. The minimum Gasteiger partial charge on any atom is -0.496 e. The summed E-state index contributed by atoms with van der Waals surface area (Å²) in [5, 5.41) is 0. The third-order valence-electron chi connectivity index (χ3n) is 1.78. The molecular formula is C9H7F2NO2. The molecule has 0 aliphatic rings. The molecule has 5 heteroatoms. The number of aliphatic imine (C=N–C) groups is 1. The molecule has 0 spiro atoms. The molecule has 0 saturated heterocycles. The van der Waals surface area contributed by atoms with Crippen LogP contribution in [0.1, 0.15) is 5.56 Å². The third kappa shape index (κ3) is 1.63. The van der Waals surface area contributed by atoms with Crippen molar-refractivity contribution in [2.24, 2.45) is 4.99 Å². The summed E-state index contributed by atoms with van der Waals surface area (Å²) in [6.07, 6.45) is 1.16. The van der Waals surface area contributed by atoms with E-state index in [0.29, 0.717) is 0 Å². The highest BCUT2D eigenvalue weighted by atomic mass is 19.2. The molecule has 0 unspecified atom stereocenters. The normalized spacial score (nSPS) is 9.43. The zero-order valence-corrected chi connectivity index (χ0v) is 7.60. The van der Waals surface area contributed by atoms with Crippen LogP contribution < -0.4 is 4.74 Å². The number of hydrogen-bond acceptors (Lipinski definition) is 3. The van der Waals surface area contributed by atoms with E-state index in [2.05, 4.69) is 4.99 Å². The molecule has 0 heterocycles. The van der Waals surface area contributed by atoms with Crippen molar-refractivity contribution in [1.82, 2.24) is 0 Å². The van der Waals surface area contributed by atoms with Gasteiger partial charge < -0.3 is 4.74 Å². The van der Waals surface area contributed by atoms with Crippen LogP contribution in [-0.2, 0) is 4.79 Å². The minimum atomic E-state index is -1.17. The topological polar surface area (TPSA) is 38.7 Å². The van der Waals surface area contributed by atoms with Gasteiger partial charge in [0, 0.05) is 11.6 Å². The highest BCUT2D eigenvalue weighted by Crippen LogP contribution is 2.32. The maximum Gasteiger partial charge on any atom is 0.240 e. The zero-order chi connectivity index (χ0) is 10.7. The van der Waals surface area contributed by atoms with Gasteiger partial charge in [-0.25, -0.2) is 13.6 Å². The lowest BCUT2D eigenvalue weighted by Gasteiger charge is -2.07. The molecule has 0 aromatic heterocycles. The number of nitrogens with zero attached hydrogens (tertiary/aromatic N) is 1. The van der Waals surface area contributed by atoms with Crippen LogP contribution in [-0.4, -0.2) is 13.2 Å². The molecule has 1 rings (SSSR count). The first-order chi connectivity index (χ1) is 6.61. The number of carbonyl (C=O) groups excluding carboxylic acids is 1. The first kappa shape index (κ1) is 10.3. The highest BCUT2D eigenvalue weighted by molar-refractivity contribution is 5.59. The molecule has 0 amide bonds. The van der Waals surface area contributed by atoms with Crippen LogP contribution in [0.4, 0.5) is 14.5 Å². The average Bonchev–Trinajstić information content (AvgIpc) is 2.18. The maximum absolute atomic E-state index is 13.1. The summed E-state index contributed by atoms with van der Waals surface area (Å²) < 4.78 is 30.7. The van der Waals surface area contributed by atoms with Crippen molar-refractivity contribution in [3.05, 3.63) is 23.3 Å². The summed E-state index contributed by atoms with van der Waals surface area (Å²) >= 11 is 0. The zero-order valence-electron chi connectivity index (χ0n) is 7.60. The first-order valence-electron chi connectivity index (χ1n) is 3.72. The predicted octanol–water partition coefficient (Wildman–Crippen LogP) is 2.25. The lowest BCUT2D eigenvalue weighted by molar-refractivity contribution is 0.403. The van der Waals surface area contributed by atoms with E-state index in [1.807, 2.05) is 0 Å². The Hall–Kier alpha value is -1.74. The fourth-order valence-corrected chi connectivity index (χ4v) is 1.07. The fraction of sp³-hybridized carbons (Fsp3) is 0.222. The van der Waals surface area contributed by atoms with E-state index in [1.165, 1.54) is 14.0 Å². The number of isocyanates is 1. The van der Waals surface area contributed by atoms with Gasteiger partial charge in [-0.1, -0.05) is 0 Å². The van der Waals surface area contributed by atoms with Gasteiger partial charge in [0.2, 0.25) is 6.08 Å². The van der Waals surface area contributed by atoms with Crippen molar-refractivity contribution in [1.29, 1.82) is 0 Å². The Bertz CT molecular complexity index is 412. The molecule has 14 heavy (non-hydrogen) atoms. The second-order valence-electron chi connectivity index (χ2n) is 2.55. The van der Waals surface area contributed by atoms with Gasteiger partial charge in [0.05, 0.1) is 7.11 Å². The lowest BCUT2D eigenvalue weighted by atomic mass is 10.1. The predicted molar refractivity (Wildman–Crippen MR) is 45.4 cm³/mol. The second kappa shape index (κ2) is 3.98. The number of halogens is 2. The Balaban J connectivity index is 3.52. The molecule has 0 N–H and O–H groups in total. The summed E-state index contributed by atoms with van der Waals surface area (Å²) in [5.41, 5.74) is -0.119. The van der Waals surface area contributed by atoms with E-state index in [4.69, 9.17) is 4.74 Å². The molecule has 74 valence electrons. The van der Waals surface area contributed by atoms with Crippen LogP contribution >= 0.6 is 0 Å². The van der Waals surface area contributed by atoms with E-state index >= 15 is 0 Å². The molecule has 0 radical (unpaired) electrons. The summed E-state index contributed by atoms with van der Waals surface area (Å²) in [5.74, 6) is -2.15. The van der Waals surface area contributed by atoms with Crippen molar-refractivity contribution in [3.63, 3.8) is 0 Å². The molecule has 0 saturated carbocycles. The van der Waals surface area contributed by atoms with Crippen LogP contribution in [0.15, 0.2) is 11.1 Å². The molecular weight excluding hydrogens is 192 g/mol. The van der Waals surface area contributed by atoms with Crippen LogP contribution in [0.2, 0.25) is 0 Å². The van der Waals surface area contributed by atoms with Gasteiger partial charge in [-0.05, 0) is 6.92 Å². The van der Waals surface area contributed by atoms with Crippen molar-refractivity contribution < 1.29 is 18.3 Å². The Kier molecular flexibility index (Phi) is 2.94. The number of hydrogen-bond donors (Lipinski definition) is 0. The van der Waals surface area contributed by atoms with Crippen molar-refractivity contribution in [2.45, 2.75) is 6.92 Å². The number of ether oxygens (including phenoxy) is 1. The van der Waals surface area contributed by atoms with Crippen LogP contribution in [0.25, 0.3) is 0 Å². The monoisotopic (exact) mass is 199 g/mol. The molecule has 0 bridgehead atoms. The van der Waals surface area contributed by atoms with Gasteiger partial charge >= 0.3 is 0 Å². The molecule has 0 aliphatic carbocycles. The summed E-state index contributed by atoms with van der Waals surface area (Å²) in [4.78, 5) is 13.0. The van der Waals surface area contributed by atoms with Gasteiger partial charge in [-0.3, -0.25) is 0 Å². The van der Waals surface area contributed by atoms with Gasteiger partial charge in [-0.15, -0.1) is 0 Å². The second-order valence-corrected chi connectivity index (χ2v) is 2.55. The SMILES string of the molecule is COc1cc(F)c(F)c(N=C=O)c1C. The molecule has 1 aromatic rings. The fourth-order valence-electron chi connectivity index (χ4n) is 1.07. The largest absolute Gasteiger partial charge is 0.496 e. The first-order valence-corrected chi connectivity index (χ1v) is 3.72. The smallest absolute Gasteiger partial charge is 0.240 e. The standard InChI is InChI=1S/C9H7F2NO2/c1-5-7(14-2)3-6(10)8(11)9(5)12-4-13/h3H,1-2H3. The summed E-state index contributed by atoms with van der Waals surface area (Å²) in [6.45, 7) is 1.47. The molecule has 3 nitrogen and oxygen atoms in total. The van der Waals surface area contributed by atoms with Gasteiger partial charge in [0.1, 0.15) is 11.4 Å². The van der Waals surface area contributed by atoms with Crippen molar-refractivity contribution in [2.75, 3.05) is 7.11 Å². The summed E-state index contributed by atoms with van der Waals surface area (Å²) in [7, 11) is 1.31.